The van der Waals surface area contributed by atoms with Crippen molar-refractivity contribution in [2.75, 3.05) is 13.1 Å². The number of halogens is 1. The smallest absolute Gasteiger partial charge is 0.306 e. The number of hydrogen-bond acceptors (Lipinski definition) is 10. The first-order valence-corrected chi connectivity index (χ1v) is 20.1. The van der Waals surface area contributed by atoms with Crippen LogP contribution in [0.1, 0.15) is 51.8 Å². The Bertz CT molecular complexity index is 2580. The number of carboxylic acids is 2. The topological polar surface area (TPSA) is 194 Å². The van der Waals surface area contributed by atoms with E-state index in [0.29, 0.717) is 39.8 Å². The molecule has 2 atom stereocenters. The number of aliphatic hydroxyl groups excluding tert-OH is 2. The fourth-order valence-electron chi connectivity index (χ4n) is 7.15. The van der Waals surface area contributed by atoms with E-state index in [9.17, 15) is 25.1 Å². The SMILES string of the molecule is Cc1c(COc2cc(OCc3cncc(C#N)c3)c(CNCC(O)CC(=O)O)cc2Cl)cccc1-c1cccc(-c2ccc3cc(CNCC(O)CC(=O)O)ccc3c2)c1C. The van der Waals surface area contributed by atoms with E-state index in [1.54, 1.807) is 24.4 Å². The highest BCUT2D eigenvalue weighted by Gasteiger charge is 2.17. The fourth-order valence-corrected chi connectivity index (χ4v) is 7.39. The molecule has 6 rings (SSSR count). The summed E-state index contributed by atoms with van der Waals surface area (Å²) < 4.78 is 12.6. The largest absolute Gasteiger partial charge is 0.488 e. The second kappa shape index (κ2) is 20.8. The average molecular weight is 843 g/mol. The molecular formula is C48H47ClN4O8. The zero-order valence-corrected chi connectivity index (χ0v) is 34.6. The van der Waals surface area contributed by atoms with Crippen molar-refractivity contribution in [1.29, 1.82) is 5.26 Å². The minimum Gasteiger partial charge on any atom is -0.488 e. The number of rotatable bonds is 20. The summed E-state index contributed by atoms with van der Waals surface area (Å²) in [5.74, 6) is -1.28. The number of carboxylic acid groups (broad SMARTS) is 2. The number of carbonyl (C=O) groups is 2. The quantitative estimate of drug-likeness (QED) is 0.0439. The van der Waals surface area contributed by atoms with Gasteiger partial charge in [-0.15, -0.1) is 0 Å². The zero-order chi connectivity index (χ0) is 43.5. The molecular weight excluding hydrogens is 796 g/mol. The molecule has 0 bridgehead atoms. The molecule has 1 aromatic heterocycles. The van der Waals surface area contributed by atoms with Gasteiger partial charge in [-0.25, -0.2) is 0 Å². The number of fused-ring (bicyclic) bond motifs is 1. The molecule has 1 heterocycles. The minimum atomic E-state index is -1.10. The molecule has 2 unspecified atom stereocenters. The molecule has 0 radical (unpaired) electrons. The molecule has 0 saturated carbocycles. The summed E-state index contributed by atoms with van der Waals surface area (Å²) in [6.07, 6.45) is 0.377. The molecule has 0 aliphatic carbocycles. The number of aromatic nitrogens is 1. The predicted molar refractivity (Wildman–Crippen MR) is 233 cm³/mol. The summed E-state index contributed by atoms with van der Waals surface area (Å²) in [6.45, 7) is 5.51. The zero-order valence-electron chi connectivity index (χ0n) is 33.8. The Morgan fingerprint density at radius 1 is 0.705 bits per heavy atom. The highest BCUT2D eigenvalue weighted by atomic mass is 35.5. The van der Waals surface area contributed by atoms with Crippen molar-refractivity contribution in [2.45, 2.75) is 65.2 Å². The van der Waals surface area contributed by atoms with Crippen molar-refractivity contribution in [1.82, 2.24) is 15.6 Å². The molecule has 0 saturated heterocycles. The summed E-state index contributed by atoms with van der Waals surface area (Å²) >= 11 is 6.78. The van der Waals surface area contributed by atoms with E-state index in [1.165, 1.54) is 6.20 Å². The lowest BCUT2D eigenvalue weighted by Gasteiger charge is -2.18. The van der Waals surface area contributed by atoms with E-state index in [2.05, 4.69) is 90.1 Å². The van der Waals surface area contributed by atoms with Gasteiger partial charge in [0.2, 0.25) is 0 Å². The van der Waals surface area contributed by atoms with E-state index in [1.807, 2.05) is 18.2 Å². The van der Waals surface area contributed by atoms with Crippen molar-refractivity contribution < 1.29 is 39.5 Å². The van der Waals surface area contributed by atoms with Gasteiger partial charge >= 0.3 is 11.9 Å². The molecule has 0 aliphatic heterocycles. The molecule has 0 aliphatic rings. The van der Waals surface area contributed by atoms with Gasteiger partial charge in [-0.05, 0) is 93.4 Å². The predicted octanol–water partition coefficient (Wildman–Crippen LogP) is 7.72. The number of benzene rings is 5. The van der Waals surface area contributed by atoms with Crippen LogP contribution in [0, 0.1) is 25.2 Å². The average Bonchev–Trinajstić information content (AvgIpc) is 3.23. The normalized spacial score (nSPS) is 12.1. The van der Waals surface area contributed by atoms with Gasteiger partial charge in [0.25, 0.3) is 0 Å². The molecule has 6 aromatic rings. The Morgan fingerprint density at radius 3 is 2.07 bits per heavy atom. The van der Waals surface area contributed by atoms with Gasteiger partial charge in [-0.1, -0.05) is 72.3 Å². The third-order valence-electron chi connectivity index (χ3n) is 10.3. The summed E-state index contributed by atoms with van der Waals surface area (Å²) in [4.78, 5) is 26.0. The molecule has 61 heavy (non-hydrogen) atoms. The Labute approximate surface area is 359 Å². The lowest BCUT2D eigenvalue weighted by Crippen LogP contribution is -2.28. The van der Waals surface area contributed by atoms with Crippen LogP contribution in [-0.4, -0.2) is 62.6 Å². The van der Waals surface area contributed by atoms with Crippen LogP contribution < -0.4 is 20.1 Å². The number of pyridine rings is 1. The molecule has 314 valence electrons. The summed E-state index contributed by atoms with van der Waals surface area (Å²) in [7, 11) is 0. The third-order valence-corrected chi connectivity index (χ3v) is 10.6. The van der Waals surface area contributed by atoms with Crippen molar-refractivity contribution >= 4 is 34.3 Å². The van der Waals surface area contributed by atoms with E-state index in [4.69, 9.17) is 31.3 Å². The van der Waals surface area contributed by atoms with Crippen LogP contribution in [0.5, 0.6) is 11.5 Å². The first kappa shape index (κ1) is 44.2. The fraction of sp³-hybridized carbons (Fsp3) is 0.250. The number of aliphatic hydroxyl groups is 2. The van der Waals surface area contributed by atoms with Gasteiger partial charge < -0.3 is 40.5 Å². The first-order chi connectivity index (χ1) is 29.4. The maximum atomic E-state index is 11.0. The second-order valence-corrected chi connectivity index (χ2v) is 15.3. The van der Waals surface area contributed by atoms with Gasteiger partial charge in [0, 0.05) is 55.8 Å². The molecule has 13 heteroatoms. The number of nitrogens with zero attached hydrogens (tertiary/aromatic N) is 2. The highest BCUT2D eigenvalue weighted by molar-refractivity contribution is 6.32. The van der Waals surface area contributed by atoms with Crippen molar-refractivity contribution in [3.05, 3.63) is 147 Å². The lowest BCUT2D eigenvalue weighted by atomic mass is 9.89. The minimum absolute atomic E-state index is 0.0450. The van der Waals surface area contributed by atoms with E-state index in [0.717, 1.165) is 55.3 Å². The van der Waals surface area contributed by atoms with Crippen molar-refractivity contribution in [2.24, 2.45) is 0 Å². The highest BCUT2D eigenvalue weighted by Crippen LogP contribution is 2.37. The molecule has 0 amide bonds. The van der Waals surface area contributed by atoms with Gasteiger partial charge in [0.05, 0.1) is 35.6 Å². The summed E-state index contributed by atoms with van der Waals surface area (Å²) in [5, 5.41) is 55.8. The van der Waals surface area contributed by atoms with E-state index >= 15 is 0 Å². The Balaban J connectivity index is 1.19. The number of aliphatic carboxylic acids is 2. The van der Waals surface area contributed by atoms with Crippen molar-refractivity contribution in [3.63, 3.8) is 0 Å². The van der Waals surface area contributed by atoms with Crippen LogP contribution >= 0.6 is 11.6 Å². The molecule has 6 N–H and O–H groups in total. The molecule has 0 fully saturated rings. The van der Waals surface area contributed by atoms with Crippen LogP contribution in [0.25, 0.3) is 33.0 Å². The first-order valence-electron chi connectivity index (χ1n) is 19.7. The summed E-state index contributed by atoms with van der Waals surface area (Å²) in [5.41, 5.74) is 10.3. The standard InChI is InChI=1S/C48H47ClN4O8/c1-29-37(28-61-46-19-45(60-27-33-13-32(20-50)22-51-23-33)38(16-44(46)49)24-53-26-40(55)18-48(58)59)5-3-7-42(29)43-8-4-6-41(30(43)2)36-12-11-34-14-31(9-10-35(34)15-36)21-52-25-39(54)17-47(56)57/h3-16,19,22-23,39-40,52-55H,17-18,21,24-28H2,1-2H3,(H,56,57)(H,58,59). The van der Waals surface area contributed by atoms with Crippen LogP contribution in [0.4, 0.5) is 0 Å². The third kappa shape index (κ3) is 11.9. The number of hydrogen-bond donors (Lipinski definition) is 6. The van der Waals surface area contributed by atoms with E-state index in [-0.39, 0.29) is 39.3 Å². The van der Waals surface area contributed by atoms with Crippen LogP contribution in [0.15, 0.2) is 103 Å². The van der Waals surface area contributed by atoms with Gasteiger partial charge in [0.15, 0.2) is 0 Å². The Hall–Kier alpha value is -6.33. The molecule has 0 spiro atoms. The number of ether oxygens (including phenoxy) is 2. The number of nitriles is 1. The van der Waals surface area contributed by atoms with Crippen LogP contribution in [0.2, 0.25) is 5.02 Å². The Kier molecular flexibility index (Phi) is 15.1. The van der Waals surface area contributed by atoms with Gasteiger partial charge in [0.1, 0.15) is 30.8 Å². The maximum absolute atomic E-state index is 11.0. The summed E-state index contributed by atoms with van der Waals surface area (Å²) in [6, 6.07) is 32.2. The van der Waals surface area contributed by atoms with Crippen LogP contribution in [-0.2, 0) is 35.9 Å². The lowest BCUT2D eigenvalue weighted by molar-refractivity contribution is -0.140. The molecule has 12 nitrogen and oxygen atoms in total. The Morgan fingerprint density at radius 2 is 1.34 bits per heavy atom. The molecule has 5 aromatic carbocycles. The van der Waals surface area contributed by atoms with E-state index < -0.39 is 30.6 Å². The monoisotopic (exact) mass is 842 g/mol. The van der Waals surface area contributed by atoms with Crippen LogP contribution in [0.3, 0.4) is 0 Å². The van der Waals surface area contributed by atoms with Crippen molar-refractivity contribution in [3.8, 4) is 39.8 Å². The second-order valence-electron chi connectivity index (χ2n) is 14.9. The van der Waals surface area contributed by atoms with Gasteiger partial charge in [-0.3, -0.25) is 14.6 Å². The number of nitrogens with one attached hydrogen (secondary N) is 2. The maximum Gasteiger partial charge on any atom is 0.306 e. The van der Waals surface area contributed by atoms with Gasteiger partial charge in [-0.2, -0.15) is 5.26 Å².